The molecule has 1 aliphatic rings. The highest BCUT2D eigenvalue weighted by atomic mass is 35.5. The van der Waals surface area contributed by atoms with Gasteiger partial charge < -0.3 is 9.31 Å². The summed E-state index contributed by atoms with van der Waals surface area (Å²) in [6, 6.07) is 5.54. The lowest BCUT2D eigenvalue weighted by molar-refractivity contribution is 0.00578. The predicted molar refractivity (Wildman–Crippen MR) is 97.6 cm³/mol. The predicted octanol–water partition coefficient (Wildman–Crippen LogP) is 5.78. The molecule has 0 unspecified atom stereocenters. The topological polar surface area (TPSA) is 18.5 Å². The van der Waals surface area contributed by atoms with Crippen molar-refractivity contribution < 1.29 is 13.7 Å². The first-order valence-corrected chi connectivity index (χ1v) is 8.96. The van der Waals surface area contributed by atoms with Crippen LogP contribution in [0.25, 0.3) is 6.08 Å². The largest absolute Gasteiger partial charge is 0.525 e. The van der Waals surface area contributed by atoms with Crippen LogP contribution in [-0.4, -0.2) is 23.6 Å². The summed E-state index contributed by atoms with van der Waals surface area (Å²) in [7, 11) is -0.986. The number of thioether (sulfide) groups is 1. The third kappa shape index (κ3) is 4.53. The summed E-state index contributed by atoms with van der Waals surface area (Å²) >= 11 is 7.83. The van der Waals surface area contributed by atoms with Crippen molar-refractivity contribution in [2.75, 3.05) is 0 Å². The van der Waals surface area contributed by atoms with Crippen LogP contribution in [-0.2, 0) is 9.31 Å². The maximum Gasteiger partial charge on any atom is 0.525 e. The highest BCUT2D eigenvalue weighted by molar-refractivity contribution is 7.99. The number of rotatable bonds is 4. The third-order valence-electron chi connectivity index (χ3n) is 4.05. The fourth-order valence-electron chi connectivity index (χ4n) is 2.19. The van der Waals surface area contributed by atoms with E-state index in [1.807, 2.05) is 39.8 Å². The quantitative estimate of drug-likeness (QED) is 0.503. The second kappa shape index (κ2) is 6.79. The molecule has 1 heterocycles. The van der Waals surface area contributed by atoms with E-state index in [0.29, 0.717) is 15.8 Å². The standard InChI is InChI=1S/C17H23BClFO2S/c1-11(2)23-14-8-12(7-13(19)10-14)9-15(20)18-21-16(3,4)17(5,6)22-18/h7-11H,1-6H3. The molecule has 0 bridgehead atoms. The Morgan fingerprint density at radius 3 is 2.26 bits per heavy atom. The molecule has 2 nitrogen and oxygen atoms in total. The van der Waals surface area contributed by atoms with E-state index in [9.17, 15) is 4.39 Å². The fraction of sp³-hybridized carbons (Fsp3) is 0.529. The molecule has 1 aromatic rings. The van der Waals surface area contributed by atoms with Gasteiger partial charge in [0.25, 0.3) is 0 Å². The molecule has 1 fully saturated rings. The molecule has 2 rings (SSSR count). The highest BCUT2D eigenvalue weighted by Gasteiger charge is 2.53. The van der Waals surface area contributed by atoms with Gasteiger partial charge in [0.2, 0.25) is 0 Å². The Morgan fingerprint density at radius 1 is 1.17 bits per heavy atom. The lowest BCUT2D eigenvalue weighted by Gasteiger charge is -2.32. The molecule has 0 aliphatic carbocycles. The van der Waals surface area contributed by atoms with Crippen LogP contribution in [0, 0.1) is 0 Å². The molecule has 0 saturated carbocycles. The van der Waals surface area contributed by atoms with Gasteiger partial charge in [0.15, 0.2) is 0 Å². The molecule has 1 aromatic carbocycles. The van der Waals surface area contributed by atoms with Crippen LogP contribution in [0.4, 0.5) is 4.39 Å². The van der Waals surface area contributed by atoms with Crippen molar-refractivity contribution in [3.05, 3.63) is 34.5 Å². The molecule has 0 aromatic heterocycles. The lowest BCUT2D eigenvalue weighted by atomic mass is 9.87. The van der Waals surface area contributed by atoms with Crippen LogP contribution in [0.1, 0.15) is 47.1 Å². The van der Waals surface area contributed by atoms with Crippen molar-refractivity contribution in [3.63, 3.8) is 0 Å². The van der Waals surface area contributed by atoms with Gasteiger partial charge in [-0.3, -0.25) is 0 Å². The van der Waals surface area contributed by atoms with Crippen LogP contribution in [0.5, 0.6) is 0 Å². The van der Waals surface area contributed by atoms with Gasteiger partial charge in [0.1, 0.15) is 5.73 Å². The third-order valence-corrected chi connectivity index (χ3v) is 5.25. The lowest BCUT2D eigenvalue weighted by Crippen LogP contribution is -2.41. The van der Waals surface area contributed by atoms with Crippen LogP contribution >= 0.6 is 23.4 Å². The maximum atomic E-state index is 14.6. The minimum absolute atomic E-state index is 0.429. The van der Waals surface area contributed by atoms with Gasteiger partial charge in [0, 0.05) is 15.2 Å². The van der Waals surface area contributed by atoms with Gasteiger partial charge in [-0.25, -0.2) is 4.39 Å². The van der Waals surface area contributed by atoms with E-state index in [1.165, 1.54) is 6.08 Å². The van der Waals surface area contributed by atoms with Crippen LogP contribution in [0.2, 0.25) is 5.02 Å². The number of hydrogen-bond acceptors (Lipinski definition) is 3. The Morgan fingerprint density at radius 2 is 1.74 bits per heavy atom. The number of benzene rings is 1. The van der Waals surface area contributed by atoms with Crippen LogP contribution in [0.15, 0.2) is 28.8 Å². The second-order valence-corrected chi connectivity index (χ2v) is 9.09. The molecule has 0 N–H and O–H groups in total. The molecular weight excluding hydrogens is 334 g/mol. The molecule has 0 amide bonds. The van der Waals surface area contributed by atoms with Gasteiger partial charge in [-0.2, -0.15) is 0 Å². The van der Waals surface area contributed by atoms with Gasteiger partial charge in [-0.1, -0.05) is 25.4 Å². The highest BCUT2D eigenvalue weighted by Crippen LogP contribution is 2.39. The second-order valence-electron chi connectivity index (χ2n) is 7.00. The SMILES string of the molecule is CC(C)Sc1cc(Cl)cc(C=C(F)B2OC(C)(C)C(C)(C)O2)c1. The monoisotopic (exact) mass is 356 g/mol. The molecule has 126 valence electrons. The summed E-state index contributed by atoms with van der Waals surface area (Å²) in [5, 5.41) is 1.02. The first-order valence-electron chi connectivity index (χ1n) is 7.70. The minimum atomic E-state index is -0.986. The average Bonchev–Trinajstić information content (AvgIpc) is 2.56. The normalized spacial score (nSPS) is 20.4. The van der Waals surface area contributed by atoms with E-state index in [1.54, 1.807) is 17.8 Å². The average molecular weight is 357 g/mol. The molecule has 6 heteroatoms. The molecule has 1 saturated heterocycles. The zero-order chi connectivity index (χ0) is 17.4. The fourth-order valence-corrected chi connectivity index (χ4v) is 3.44. The van der Waals surface area contributed by atoms with Crippen molar-refractivity contribution in [1.29, 1.82) is 0 Å². The Kier molecular flexibility index (Phi) is 5.57. The van der Waals surface area contributed by atoms with Crippen molar-refractivity contribution in [3.8, 4) is 0 Å². The summed E-state index contributed by atoms with van der Waals surface area (Å²) < 4.78 is 26.0. The van der Waals surface area contributed by atoms with Crippen molar-refractivity contribution >= 4 is 36.6 Å². The first-order chi connectivity index (χ1) is 10.5. The Bertz CT molecular complexity index is 601. The van der Waals surface area contributed by atoms with E-state index >= 15 is 0 Å². The van der Waals surface area contributed by atoms with E-state index in [0.717, 1.165) is 4.90 Å². The van der Waals surface area contributed by atoms with E-state index in [4.69, 9.17) is 20.9 Å². The molecule has 1 aliphatic heterocycles. The van der Waals surface area contributed by atoms with Gasteiger partial charge in [-0.15, -0.1) is 11.8 Å². The van der Waals surface area contributed by atoms with Gasteiger partial charge in [0.05, 0.1) is 11.2 Å². The van der Waals surface area contributed by atoms with E-state index < -0.39 is 24.0 Å². The summed E-state index contributed by atoms with van der Waals surface area (Å²) in [4.78, 5) is 1.01. The molecule has 23 heavy (non-hydrogen) atoms. The zero-order valence-electron chi connectivity index (χ0n) is 14.4. The van der Waals surface area contributed by atoms with Crippen molar-refractivity contribution in [2.45, 2.75) is 62.9 Å². The summed E-state index contributed by atoms with van der Waals surface area (Å²) in [5.41, 5.74) is -0.870. The van der Waals surface area contributed by atoms with Crippen LogP contribution in [0.3, 0.4) is 0 Å². The van der Waals surface area contributed by atoms with Crippen molar-refractivity contribution in [2.24, 2.45) is 0 Å². The van der Waals surface area contributed by atoms with Gasteiger partial charge >= 0.3 is 7.12 Å². The van der Waals surface area contributed by atoms with Crippen molar-refractivity contribution in [1.82, 2.24) is 0 Å². The van der Waals surface area contributed by atoms with E-state index in [-0.39, 0.29) is 0 Å². The molecule has 0 radical (unpaired) electrons. The Labute approximate surface area is 147 Å². The van der Waals surface area contributed by atoms with E-state index in [2.05, 4.69) is 13.8 Å². The summed E-state index contributed by atoms with van der Waals surface area (Å²) in [6.07, 6.45) is 1.43. The Hall–Kier alpha value is -0.485. The van der Waals surface area contributed by atoms with Crippen LogP contribution < -0.4 is 0 Å². The molecule has 0 atom stereocenters. The van der Waals surface area contributed by atoms with Gasteiger partial charge in [-0.05, 0) is 57.5 Å². The maximum absolute atomic E-state index is 14.6. The number of halogens is 2. The minimum Gasteiger partial charge on any atom is -0.398 e. The summed E-state index contributed by atoms with van der Waals surface area (Å²) in [5.74, 6) is 0. The molecular formula is C17H23BClFO2S. The Balaban J connectivity index is 2.23. The summed E-state index contributed by atoms with van der Waals surface area (Å²) in [6.45, 7) is 11.8. The first kappa shape index (κ1) is 18.8. The molecule has 0 spiro atoms. The smallest absolute Gasteiger partial charge is 0.398 e. The number of hydrogen-bond donors (Lipinski definition) is 0. The zero-order valence-corrected chi connectivity index (χ0v) is 16.0.